The van der Waals surface area contributed by atoms with Gasteiger partial charge in [-0.1, -0.05) is 12.1 Å². The number of sulfonamides is 1. The smallest absolute Gasteiger partial charge is 0.229 e. The summed E-state index contributed by atoms with van der Waals surface area (Å²) in [6, 6.07) is 10.7. The van der Waals surface area contributed by atoms with Gasteiger partial charge >= 0.3 is 0 Å². The summed E-state index contributed by atoms with van der Waals surface area (Å²) in [4.78, 5) is 25.9. The van der Waals surface area contributed by atoms with Crippen molar-refractivity contribution in [3.8, 4) is 11.1 Å². The quantitative estimate of drug-likeness (QED) is 0.283. The number of hydrogen-bond acceptors (Lipinski definition) is 8. The molecule has 2 aromatic carbocycles. The Hall–Kier alpha value is -4.36. The van der Waals surface area contributed by atoms with Gasteiger partial charge in [0.1, 0.15) is 23.3 Å². The van der Waals surface area contributed by atoms with E-state index in [1.807, 2.05) is 12.1 Å². The van der Waals surface area contributed by atoms with Gasteiger partial charge in [0.15, 0.2) is 0 Å². The fourth-order valence-corrected chi connectivity index (χ4v) is 6.24. The Labute approximate surface area is 254 Å². The second kappa shape index (κ2) is 12.0. The van der Waals surface area contributed by atoms with E-state index in [2.05, 4.69) is 19.9 Å². The molecule has 2 N–H and O–H groups in total. The maximum absolute atomic E-state index is 15.5. The molecule has 230 valence electrons. The minimum absolute atomic E-state index is 0.0762. The molecule has 0 atom stereocenters. The molecule has 0 radical (unpaired) electrons. The summed E-state index contributed by atoms with van der Waals surface area (Å²) >= 11 is 0. The first-order chi connectivity index (χ1) is 21.1. The molecule has 2 aromatic heterocycles. The number of ether oxygens (including phenoxy) is 1. The van der Waals surface area contributed by atoms with Crippen LogP contribution in [-0.4, -0.2) is 63.4 Å². The van der Waals surface area contributed by atoms with Crippen LogP contribution in [0.15, 0.2) is 48.7 Å². The van der Waals surface area contributed by atoms with Gasteiger partial charge in [0, 0.05) is 67.3 Å². The van der Waals surface area contributed by atoms with Crippen LogP contribution in [-0.2, 0) is 19.6 Å². The number of amides is 1. The Morgan fingerprint density at radius 2 is 1.82 bits per heavy atom. The Bertz CT molecular complexity index is 1860. The third-order valence-corrected chi connectivity index (χ3v) is 8.37. The van der Waals surface area contributed by atoms with Gasteiger partial charge in [-0.25, -0.2) is 27.2 Å². The van der Waals surface area contributed by atoms with Gasteiger partial charge in [0.05, 0.1) is 41.7 Å². The summed E-state index contributed by atoms with van der Waals surface area (Å²) < 4.78 is 61.9. The monoisotopic (exact) mass is 622 g/mol. The number of hydrogen-bond donors (Lipinski definition) is 2. The van der Waals surface area contributed by atoms with Crippen LogP contribution < -0.4 is 19.8 Å². The third kappa shape index (κ3) is 6.15. The molecule has 44 heavy (non-hydrogen) atoms. The fourth-order valence-electron chi connectivity index (χ4n) is 5.68. The zero-order valence-electron chi connectivity index (χ0n) is 24.4. The second-order valence-electron chi connectivity index (χ2n) is 11.0. The van der Waals surface area contributed by atoms with Crippen molar-refractivity contribution in [1.29, 1.82) is 0 Å². The number of anilines is 5. The maximum atomic E-state index is 15.5. The number of piperidine rings is 1. The first-order valence-corrected chi connectivity index (χ1v) is 16.2. The number of halogens is 2. The van der Waals surface area contributed by atoms with Crippen molar-refractivity contribution in [2.75, 3.05) is 58.9 Å². The van der Waals surface area contributed by atoms with Crippen molar-refractivity contribution in [3.05, 3.63) is 65.9 Å². The van der Waals surface area contributed by atoms with Gasteiger partial charge in [-0.2, -0.15) is 0 Å². The third-order valence-electron chi connectivity index (χ3n) is 7.76. The molecule has 0 spiro atoms. The van der Waals surface area contributed by atoms with E-state index in [1.54, 1.807) is 36.2 Å². The zero-order valence-corrected chi connectivity index (χ0v) is 25.2. The van der Waals surface area contributed by atoms with Crippen LogP contribution in [0.3, 0.4) is 0 Å². The number of aromatic nitrogens is 2. The van der Waals surface area contributed by atoms with Crippen LogP contribution in [0.25, 0.3) is 22.0 Å². The standard InChI is InChI=1S/C31H32F2N6O4S/c1-19-30(29-24(33)15-21(32)16-26(29)36-31(19)39-9-4-3-8-28(39)40)35-25-17-27(38-10-12-43-13-11-38)34-18-23(25)20-6-5-7-22(14-20)37-44(2,41)42/h5-7,14-18,37H,3-4,8-13H2,1-2H3,(H,34,35,36). The zero-order chi connectivity index (χ0) is 31.0. The van der Waals surface area contributed by atoms with E-state index in [9.17, 15) is 17.6 Å². The maximum Gasteiger partial charge on any atom is 0.229 e. The highest BCUT2D eigenvalue weighted by Crippen LogP contribution is 2.40. The van der Waals surface area contributed by atoms with E-state index >= 15 is 4.39 Å². The van der Waals surface area contributed by atoms with E-state index < -0.39 is 21.7 Å². The number of pyridine rings is 2. The molecule has 2 aliphatic heterocycles. The predicted molar refractivity (Wildman–Crippen MR) is 167 cm³/mol. The molecule has 10 nitrogen and oxygen atoms in total. The Morgan fingerprint density at radius 1 is 1.02 bits per heavy atom. The highest BCUT2D eigenvalue weighted by atomic mass is 32.2. The highest BCUT2D eigenvalue weighted by Gasteiger charge is 2.27. The van der Waals surface area contributed by atoms with Gasteiger partial charge in [-0.3, -0.25) is 14.4 Å². The van der Waals surface area contributed by atoms with Crippen LogP contribution in [0.2, 0.25) is 0 Å². The number of nitrogens with zero attached hydrogens (tertiary/aromatic N) is 4. The molecule has 6 rings (SSSR count). The lowest BCUT2D eigenvalue weighted by molar-refractivity contribution is -0.119. The number of benzene rings is 2. The summed E-state index contributed by atoms with van der Waals surface area (Å²) in [5.41, 5.74) is 3.12. The fraction of sp³-hybridized carbons (Fsp3) is 0.323. The molecule has 4 heterocycles. The summed E-state index contributed by atoms with van der Waals surface area (Å²) in [7, 11) is -3.53. The number of carbonyl (C=O) groups excluding carboxylic acids is 1. The lowest BCUT2D eigenvalue weighted by atomic mass is 10.0. The second-order valence-corrected chi connectivity index (χ2v) is 12.7. The Morgan fingerprint density at radius 3 is 2.57 bits per heavy atom. The number of morpholine rings is 1. The topological polar surface area (TPSA) is 117 Å². The van der Waals surface area contributed by atoms with Gasteiger partial charge in [0.2, 0.25) is 15.9 Å². The molecule has 0 aliphatic carbocycles. The minimum atomic E-state index is -3.53. The van der Waals surface area contributed by atoms with E-state index in [4.69, 9.17) is 9.72 Å². The summed E-state index contributed by atoms with van der Waals surface area (Å²) in [5, 5.41) is 3.49. The van der Waals surface area contributed by atoms with Gasteiger partial charge < -0.3 is 15.0 Å². The molecular weight excluding hydrogens is 590 g/mol. The Balaban J connectivity index is 1.54. The molecular formula is C31H32F2N6O4S. The number of fused-ring (bicyclic) bond motifs is 1. The average Bonchev–Trinajstić information content (AvgIpc) is 2.98. The molecule has 0 unspecified atom stereocenters. The van der Waals surface area contributed by atoms with Crippen molar-refractivity contribution < 1.29 is 26.7 Å². The molecule has 0 saturated carbocycles. The van der Waals surface area contributed by atoms with Crippen molar-refractivity contribution >= 4 is 55.5 Å². The van der Waals surface area contributed by atoms with E-state index in [1.165, 1.54) is 0 Å². The predicted octanol–water partition coefficient (Wildman–Crippen LogP) is 5.35. The summed E-state index contributed by atoms with van der Waals surface area (Å²) in [6.45, 7) is 4.57. The van der Waals surface area contributed by atoms with Crippen LogP contribution in [0.1, 0.15) is 24.8 Å². The number of rotatable bonds is 7. The first kappa shape index (κ1) is 29.7. The molecule has 13 heteroatoms. The van der Waals surface area contributed by atoms with Gasteiger partial charge in [-0.05, 0) is 37.5 Å². The summed E-state index contributed by atoms with van der Waals surface area (Å²) in [6.07, 6.45) is 4.69. The highest BCUT2D eigenvalue weighted by molar-refractivity contribution is 7.92. The average molecular weight is 623 g/mol. The normalized spacial score (nSPS) is 16.0. The molecule has 2 fully saturated rings. The summed E-state index contributed by atoms with van der Waals surface area (Å²) in [5.74, 6) is -0.652. The molecule has 1 amide bonds. The SMILES string of the molecule is Cc1c(N2CCCCC2=O)nc2cc(F)cc(F)c2c1Nc1cc(N2CCOCC2)ncc1-c1cccc(NS(C)(=O)=O)c1. The van der Waals surface area contributed by atoms with Crippen molar-refractivity contribution in [2.45, 2.75) is 26.2 Å². The first-order valence-electron chi connectivity index (χ1n) is 14.3. The molecule has 2 saturated heterocycles. The largest absolute Gasteiger partial charge is 0.378 e. The van der Waals surface area contributed by atoms with Crippen molar-refractivity contribution in [3.63, 3.8) is 0 Å². The van der Waals surface area contributed by atoms with Crippen LogP contribution in [0, 0.1) is 18.6 Å². The van der Waals surface area contributed by atoms with Crippen molar-refractivity contribution in [2.24, 2.45) is 0 Å². The lowest BCUT2D eigenvalue weighted by Gasteiger charge is -2.30. The number of nitrogens with one attached hydrogen (secondary N) is 2. The van der Waals surface area contributed by atoms with Crippen molar-refractivity contribution in [1.82, 2.24) is 9.97 Å². The Kier molecular flexibility index (Phi) is 8.08. The van der Waals surface area contributed by atoms with E-state index in [-0.39, 0.29) is 16.8 Å². The van der Waals surface area contributed by atoms with Crippen LogP contribution in [0.5, 0.6) is 0 Å². The lowest BCUT2D eigenvalue weighted by Crippen LogP contribution is -2.36. The minimum Gasteiger partial charge on any atom is -0.378 e. The molecule has 2 aliphatic rings. The van der Waals surface area contributed by atoms with Crippen LogP contribution in [0.4, 0.5) is 37.5 Å². The van der Waals surface area contributed by atoms with E-state index in [0.29, 0.717) is 84.7 Å². The molecule has 0 bridgehead atoms. The van der Waals surface area contributed by atoms with Crippen LogP contribution >= 0.6 is 0 Å². The number of carbonyl (C=O) groups is 1. The molecule has 4 aromatic rings. The van der Waals surface area contributed by atoms with Gasteiger partial charge in [0.25, 0.3) is 0 Å². The van der Waals surface area contributed by atoms with Gasteiger partial charge in [-0.15, -0.1) is 0 Å². The van der Waals surface area contributed by atoms with E-state index in [0.717, 1.165) is 31.2 Å².